The number of aliphatic carboxylic acids is 1. The van der Waals surface area contributed by atoms with Crippen molar-refractivity contribution in [1.29, 1.82) is 0 Å². The van der Waals surface area contributed by atoms with E-state index in [1.54, 1.807) is 0 Å². The van der Waals surface area contributed by atoms with Crippen molar-refractivity contribution in [3.8, 4) is 0 Å². The summed E-state index contributed by atoms with van der Waals surface area (Å²) >= 11 is 3.45. The normalized spacial score (nSPS) is 22.3. The molecule has 23 heavy (non-hydrogen) atoms. The highest BCUT2D eigenvalue weighted by Gasteiger charge is 2.28. The van der Waals surface area contributed by atoms with Crippen molar-refractivity contribution in [2.24, 2.45) is 5.92 Å². The fraction of sp³-hybridized carbons (Fsp3) is 0.529. The minimum atomic E-state index is -0.707. The largest absolute Gasteiger partial charge is 0.481 e. The summed E-state index contributed by atoms with van der Waals surface area (Å²) in [5.74, 6) is -1.21. The van der Waals surface area contributed by atoms with Gasteiger partial charge in [-0.3, -0.25) is 9.59 Å². The molecule has 1 aliphatic rings. The molecule has 0 aromatic heterocycles. The van der Waals surface area contributed by atoms with Crippen molar-refractivity contribution in [3.05, 3.63) is 34.3 Å². The second kappa shape index (κ2) is 8.45. The van der Waals surface area contributed by atoms with Crippen molar-refractivity contribution < 1.29 is 19.4 Å². The third kappa shape index (κ3) is 5.32. The van der Waals surface area contributed by atoms with E-state index in [-0.39, 0.29) is 30.4 Å². The second-order valence-electron chi connectivity index (χ2n) is 5.94. The molecular formula is C17H22BrNO4. The van der Waals surface area contributed by atoms with Crippen LogP contribution >= 0.6 is 15.9 Å². The Balaban J connectivity index is 2.03. The summed E-state index contributed by atoms with van der Waals surface area (Å²) in [7, 11) is 1.39. The van der Waals surface area contributed by atoms with Gasteiger partial charge in [0, 0.05) is 16.6 Å². The number of nitrogens with one attached hydrogen (secondary N) is 1. The predicted molar refractivity (Wildman–Crippen MR) is 90.0 cm³/mol. The average molecular weight is 384 g/mol. The monoisotopic (exact) mass is 383 g/mol. The Morgan fingerprint density at radius 1 is 1.35 bits per heavy atom. The Hall–Kier alpha value is -1.40. The van der Waals surface area contributed by atoms with E-state index in [1.807, 2.05) is 24.3 Å². The summed E-state index contributed by atoms with van der Waals surface area (Å²) in [4.78, 5) is 22.8. The maximum absolute atomic E-state index is 11.7. The van der Waals surface area contributed by atoms with E-state index < -0.39 is 5.97 Å². The number of methoxy groups -OCH3 is 1. The number of hydrogen-bond donors (Lipinski definition) is 2. The third-order valence-electron chi connectivity index (χ3n) is 4.36. The van der Waals surface area contributed by atoms with E-state index >= 15 is 0 Å². The van der Waals surface area contributed by atoms with Crippen molar-refractivity contribution in [1.82, 2.24) is 5.32 Å². The van der Waals surface area contributed by atoms with Gasteiger partial charge in [-0.25, -0.2) is 0 Å². The summed E-state index contributed by atoms with van der Waals surface area (Å²) in [5.41, 5.74) is 1.02. The molecule has 0 heterocycles. The van der Waals surface area contributed by atoms with E-state index in [0.717, 1.165) is 22.9 Å². The standard InChI is InChI=1S/C17H22BrNO4/c1-23-16(20)10-15(12-3-2-4-13(18)9-12)19-14-7-5-11(6-8-14)17(21)22/h2-4,9,11,14-15,19H,5-8,10H2,1H3,(H,21,22). The van der Waals surface area contributed by atoms with Gasteiger partial charge >= 0.3 is 11.9 Å². The van der Waals surface area contributed by atoms with Gasteiger partial charge in [-0.2, -0.15) is 0 Å². The van der Waals surface area contributed by atoms with Gasteiger partial charge < -0.3 is 15.2 Å². The lowest BCUT2D eigenvalue weighted by Gasteiger charge is -2.30. The van der Waals surface area contributed by atoms with Crippen molar-refractivity contribution in [2.75, 3.05) is 7.11 Å². The van der Waals surface area contributed by atoms with Crippen molar-refractivity contribution in [2.45, 2.75) is 44.2 Å². The van der Waals surface area contributed by atoms with E-state index in [0.29, 0.717) is 12.8 Å². The summed E-state index contributed by atoms with van der Waals surface area (Å²) in [6.07, 6.45) is 3.23. The van der Waals surface area contributed by atoms with Crippen molar-refractivity contribution in [3.63, 3.8) is 0 Å². The number of esters is 1. The minimum absolute atomic E-state index is 0.133. The molecule has 0 aliphatic heterocycles. The first kappa shape index (κ1) is 17.9. The molecule has 0 radical (unpaired) electrons. The summed E-state index contributed by atoms with van der Waals surface area (Å²) in [6, 6.07) is 7.94. The molecule has 0 saturated heterocycles. The fourth-order valence-electron chi connectivity index (χ4n) is 3.04. The predicted octanol–water partition coefficient (Wildman–Crippen LogP) is 3.29. The van der Waals surface area contributed by atoms with Crippen LogP contribution in [-0.2, 0) is 14.3 Å². The molecule has 5 nitrogen and oxygen atoms in total. The molecule has 1 unspecified atom stereocenters. The molecule has 1 aromatic carbocycles. The third-order valence-corrected chi connectivity index (χ3v) is 4.86. The zero-order valence-electron chi connectivity index (χ0n) is 13.1. The van der Waals surface area contributed by atoms with Crippen LogP contribution in [0.5, 0.6) is 0 Å². The highest BCUT2D eigenvalue weighted by molar-refractivity contribution is 9.10. The zero-order chi connectivity index (χ0) is 16.8. The molecule has 1 atom stereocenters. The van der Waals surface area contributed by atoms with E-state index in [2.05, 4.69) is 21.2 Å². The van der Waals surface area contributed by atoms with Gasteiger partial charge in [0.15, 0.2) is 0 Å². The lowest BCUT2D eigenvalue weighted by atomic mass is 9.85. The van der Waals surface area contributed by atoms with Crippen LogP contribution in [0.25, 0.3) is 0 Å². The number of carbonyl (C=O) groups is 2. The number of halogens is 1. The van der Waals surface area contributed by atoms with Gasteiger partial charge in [-0.1, -0.05) is 28.1 Å². The number of carbonyl (C=O) groups excluding carboxylic acids is 1. The lowest BCUT2D eigenvalue weighted by Crippen LogP contribution is -2.38. The van der Waals surface area contributed by atoms with Gasteiger partial charge in [0.25, 0.3) is 0 Å². The van der Waals surface area contributed by atoms with Crippen LogP contribution in [0.3, 0.4) is 0 Å². The smallest absolute Gasteiger partial charge is 0.307 e. The van der Waals surface area contributed by atoms with Crippen LogP contribution in [0, 0.1) is 5.92 Å². The molecule has 6 heteroatoms. The van der Waals surface area contributed by atoms with Crippen LogP contribution in [0.4, 0.5) is 0 Å². The first-order chi connectivity index (χ1) is 11.0. The molecule has 1 aliphatic carbocycles. The zero-order valence-corrected chi connectivity index (χ0v) is 14.7. The van der Waals surface area contributed by atoms with Crippen LogP contribution < -0.4 is 5.32 Å². The quantitative estimate of drug-likeness (QED) is 0.737. The number of rotatable bonds is 6. The fourth-order valence-corrected chi connectivity index (χ4v) is 3.45. The van der Waals surface area contributed by atoms with Crippen molar-refractivity contribution >= 4 is 27.9 Å². The molecule has 126 valence electrons. The minimum Gasteiger partial charge on any atom is -0.481 e. The van der Waals surface area contributed by atoms with Crippen LogP contribution in [0.1, 0.15) is 43.7 Å². The van der Waals surface area contributed by atoms with Gasteiger partial charge in [0.2, 0.25) is 0 Å². The molecule has 2 rings (SSSR count). The van der Waals surface area contributed by atoms with E-state index in [9.17, 15) is 9.59 Å². The highest BCUT2D eigenvalue weighted by atomic mass is 79.9. The van der Waals surface area contributed by atoms with Gasteiger partial charge in [0.1, 0.15) is 0 Å². The van der Waals surface area contributed by atoms with Crippen LogP contribution in [-0.4, -0.2) is 30.2 Å². The van der Waals surface area contributed by atoms with Crippen LogP contribution in [0.15, 0.2) is 28.7 Å². The van der Waals surface area contributed by atoms with E-state index in [1.165, 1.54) is 7.11 Å². The maximum atomic E-state index is 11.7. The molecular weight excluding hydrogens is 362 g/mol. The molecule has 1 fully saturated rings. The molecule has 0 spiro atoms. The lowest BCUT2D eigenvalue weighted by molar-refractivity contribution is -0.143. The number of carboxylic acids is 1. The van der Waals surface area contributed by atoms with Gasteiger partial charge in [-0.15, -0.1) is 0 Å². The average Bonchev–Trinajstić information content (AvgIpc) is 2.54. The summed E-state index contributed by atoms with van der Waals surface area (Å²) in [6.45, 7) is 0. The number of hydrogen-bond acceptors (Lipinski definition) is 4. The molecule has 1 saturated carbocycles. The summed E-state index contributed by atoms with van der Waals surface area (Å²) < 4.78 is 5.76. The Labute approximate surface area is 144 Å². The summed E-state index contributed by atoms with van der Waals surface area (Å²) in [5, 5.41) is 12.6. The van der Waals surface area contributed by atoms with E-state index in [4.69, 9.17) is 9.84 Å². The van der Waals surface area contributed by atoms with Crippen LogP contribution in [0.2, 0.25) is 0 Å². The molecule has 1 aromatic rings. The Morgan fingerprint density at radius 2 is 2.04 bits per heavy atom. The second-order valence-corrected chi connectivity index (χ2v) is 6.86. The Bertz CT molecular complexity index is 555. The number of benzene rings is 1. The molecule has 0 amide bonds. The first-order valence-electron chi connectivity index (χ1n) is 7.80. The maximum Gasteiger partial charge on any atom is 0.307 e. The topological polar surface area (TPSA) is 75.6 Å². The number of ether oxygens (including phenoxy) is 1. The molecule has 2 N–H and O–H groups in total. The Morgan fingerprint density at radius 3 is 2.61 bits per heavy atom. The van der Waals surface area contributed by atoms with Gasteiger partial charge in [0.05, 0.1) is 19.4 Å². The highest BCUT2D eigenvalue weighted by Crippen LogP contribution is 2.28. The van der Waals surface area contributed by atoms with Gasteiger partial charge in [-0.05, 0) is 43.4 Å². The molecule has 0 bridgehead atoms. The SMILES string of the molecule is COC(=O)CC(NC1CCC(C(=O)O)CC1)c1cccc(Br)c1. The number of carboxylic acid groups (broad SMARTS) is 1. The first-order valence-corrected chi connectivity index (χ1v) is 8.60. The Kier molecular flexibility index (Phi) is 6.59.